The van der Waals surface area contributed by atoms with Crippen LogP contribution in [0.3, 0.4) is 0 Å². The summed E-state index contributed by atoms with van der Waals surface area (Å²) in [6, 6.07) is 11.3. The van der Waals surface area contributed by atoms with Gasteiger partial charge in [-0.25, -0.2) is 13.2 Å². The zero-order valence-corrected chi connectivity index (χ0v) is 16.8. The number of nitrogens with zero attached hydrogens (tertiary/aromatic N) is 1. The molecule has 0 atom stereocenters. The molecule has 1 saturated heterocycles. The summed E-state index contributed by atoms with van der Waals surface area (Å²) in [7, 11) is -3.78. The molecule has 0 amide bonds. The molecule has 6 nitrogen and oxygen atoms in total. The molecule has 1 fully saturated rings. The lowest BCUT2D eigenvalue weighted by atomic mass is 10.1. The topological polar surface area (TPSA) is 86.7 Å². The third-order valence-electron chi connectivity index (χ3n) is 5.01. The molecule has 2 N–H and O–H groups in total. The molecule has 0 spiro atoms. The molecule has 150 valence electrons. The Hall–Kier alpha value is -2.54. The highest BCUT2D eigenvalue weighted by Crippen LogP contribution is 2.28. The van der Waals surface area contributed by atoms with Crippen LogP contribution in [0.1, 0.15) is 48.0 Å². The molecule has 2 aromatic rings. The van der Waals surface area contributed by atoms with E-state index in [0.29, 0.717) is 5.69 Å². The van der Waals surface area contributed by atoms with E-state index in [-0.39, 0.29) is 16.1 Å². The van der Waals surface area contributed by atoms with Crippen molar-refractivity contribution >= 4 is 27.4 Å². The molecular weight excluding hydrogens is 376 g/mol. The molecule has 3 rings (SSSR count). The smallest absolute Gasteiger partial charge is 0.337 e. The quantitative estimate of drug-likeness (QED) is 0.780. The first kappa shape index (κ1) is 20.2. The van der Waals surface area contributed by atoms with Gasteiger partial charge in [-0.15, -0.1) is 0 Å². The number of hydrogen-bond donors (Lipinski definition) is 2. The molecule has 1 aliphatic heterocycles. The minimum absolute atomic E-state index is 0.115. The Balaban J connectivity index is 1.88. The number of carboxylic acids is 1. The van der Waals surface area contributed by atoms with Crippen LogP contribution in [0.2, 0.25) is 0 Å². The minimum Gasteiger partial charge on any atom is -0.478 e. The Kier molecular flexibility index (Phi) is 6.24. The van der Waals surface area contributed by atoms with Crippen LogP contribution in [0.25, 0.3) is 0 Å². The fourth-order valence-corrected chi connectivity index (χ4v) is 4.52. The Morgan fingerprint density at radius 1 is 0.964 bits per heavy atom. The number of benzene rings is 2. The molecule has 0 aromatic heterocycles. The molecule has 28 heavy (non-hydrogen) atoms. The van der Waals surface area contributed by atoms with Crippen molar-refractivity contribution in [3.8, 4) is 0 Å². The third-order valence-corrected chi connectivity index (χ3v) is 6.40. The third kappa shape index (κ3) is 4.84. The molecule has 0 aliphatic carbocycles. The first-order valence-corrected chi connectivity index (χ1v) is 11.1. The van der Waals surface area contributed by atoms with E-state index in [0.717, 1.165) is 44.3 Å². The fourth-order valence-electron chi connectivity index (χ4n) is 3.47. The largest absolute Gasteiger partial charge is 0.478 e. The van der Waals surface area contributed by atoms with Crippen LogP contribution in [-0.2, 0) is 10.0 Å². The lowest BCUT2D eigenvalue weighted by Crippen LogP contribution is -2.28. The lowest BCUT2D eigenvalue weighted by Gasteiger charge is -2.28. The first-order valence-electron chi connectivity index (χ1n) is 9.58. The van der Waals surface area contributed by atoms with Crippen LogP contribution in [0.4, 0.5) is 11.4 Å². The zero-order chi connectivity index (χ0) is 20.1. The monoisotopic (exact) mass is 402 g/mol. The Bertz CT molecular complexity index is 931. The molecule has 1 aliphatic rings. The van der Waals surface area contributed by atoms with Crippen LogP contribution < -0.4 is 9.62 Å². The fraction of sp³-hybridized carbons (Fsp3) is 0.381. The van der Waals surface area contributed by atoms with Gasteiger partial charge in [0.2, 0.25) is 0 Å². The normalized spacial score (nSPS) is 15.5. The van der Waals surface area contributed by atoms with Gasteiger partial charge >= 0.3 is 5.97 Å². The van der Waals surface area contributed by atoms with E-state index >= 15 is 0 Å². The molecule has 0 saturated carbocycles. The van der Waals surface area contributed by atoms with Crippen molar-refractivity contribution in [3.05, 3.63) is 53.6 Å². The van der Waals surface area contributed by atoms with Gasteiger partial charge in [0.25, 0.3) is 10.0 Å². The average molecular weight is 403 g/mol. The standard InChI is InChI=1S/C21H26N2O4S/c1-16-7-10-18(11-8-16)28(26,27)22-17-9-12-20(19(15-17)21(24)25)23-13-5-3-2-4-6-14-23/h7-12,15,22H,2-6,13-14H2,1H3,(H,24,25). The number of sulfonamides is 1. The average Bonchev–Trinajstić information content (AvgIpc) is 2.62. The lowest BCUT2D eigenvalue weighted by molar-refractivity contribution is 0.0697. The molecule has 0 bridgehead atoms. The van der Waals surface area contributed by atoms with Crippen molar-refractivity contribution < 1.29 is 18.3 Å². The van der Waals surface area contributed by atoms with Crippen molar-refractivity contribution in [1.29, 1.82) is 0 Å². The number of hydrogen-bond acceptors (Lipinski definition) is 4. The summed E-state index contributed by atoms with van der Waals surface area (Å²) in [5, 5.41) is 9.69. The molecular formula is C21H26N2O4S. The number of rotatable bonds is 5. The molecule has 2 aromatic carbocycles. The highest BCUT2D eigenvalue weighted by molar-refractivity contribution is 7.92. The second kappa shape index (κ2) is 8.65. The van der Waals surface area contributed by atoms with E-state index in [1.165, 1.54) is 24.6 Å². The van der Waals surface area contributed by atoms with Crippen molar-refractivity contribution in [1.82, 2.24) is 0 Å². The van der Waals surface area contributed by atoms with Crippen LogP contribution in [0.15, 0.2) is 47.4 Å². The molecule has 1 heterocycles. The number of anilines is 2. The second-order valence-electron chi connectivity index (χ2n) is 7.21. The van der Waals surface area contributed by atoms with Gasteiger partial charge in [0.1, 0.15) is 0 Å². The van der Waals surface area contributed by atoms with E-state index in [1.54, 1.807) is 24.3 Å². The number of carboxylic acid groups (broad SMARTS) is 1. The van der Waals surface area contributed by atoms with Crippen molar-refractivity contribution in [3.63, 3.8) is 0 Å². The Morgan fingerprint density at radius 2 is 1.57 bits per heavy atom. The maximum atomic E-state index is 12.6. The minimum atomic E-state index is -3.78. The van der Waals surface area contributed by atoms with Gasteiger partial charge in [-0.05, 0) is 50.1 Å². The van der Waals surface area contributed by atoms with Gasteiger partial charge in [-0.3, -0.25) is 4.72 Å². The summed E-state index contributed by atoms with van der Waals surface area (Å²) >= 11 is 0. The zero-order valence-electron chi connectivity index (χ0n) is 16.0. The predicted molar refractivity (Wildman–Crippen MR) is 111 cm³/mol. The van der Waals surface area contributed by atoms with E-state index in [4.69, 9.17) is 0 Å². The SMILES string of the molecule is Cc1ccc(S(=O)(=O)Nc2ccc(N3CCCCCCC3)c(C(=O)O)c2)cc1. The van der Waals surface area contributed by atoms with E-state index in [9.17, 15) is 18.3 Å². The number of aromatic carboxylic acids is 1. The first-order chi connectivity index (χ1) is 13.4. The van der Waals surface area contributed by atoms with Gasteiger partial charge in [0, 0.05) is 18.8 Å². The number of nitrogens with one attached hydrogen (secondary N) is 1. The van der Waals surface area contributed by atoms with Crippen LogP contribution in [0.5, 0.6) is 0 Å². The summed E-state index contributed by atoms with van der Waals surface area (Å²) in [5.41, 5.74) is 1.97. The van der Waals surface area contributed by atoms with Gasteiger partial charge < -0.3 is 10.0 Å². The van der Waals surface area contributed by atoms with Crippen LogP contribution >= 0.6 is 0 Å². The van der Waals surface area contributed by atoms with E-state index in [1.807, 2.05) is 6.92 Å². The maximum absolute atomic E-state index is 12.6. The van der Waals surface area contributed by atoms with Gasteiger partial charge in [0.15, 0.2) is 0 Å². The van der Waals surface area contributed by atoms with Gasteiger partial charge in [-0.1, -0.05) is 37.0 Å². The Labute approximate surface area is 166 Å². The summed E-state index contributed by atoms with van der Waals surface area (Å²) in [4.78, 5) is 14.1. The van der Waals surface area contributed by atoms with Crippen LogP contribution in [0, 0.1) is 6.92 Å². The highest BCUT2D eigenvalue weighted by atomic mass is 32.2. The number of aryl methyl sites for hydroxylation is 1. The van der Waals surface area contributed by atoms with E-state index in [2.05, 4.69) is 9.62 Å². The summed E-state index contributed by atoms with van der Waals surface area (Å²) in [6.07, 6.45) is 5.57. The molecule has 0 unspecified atom stereocenters. The maximum Gasteiger partial charge on any atom is 0.337 e. The van der Waals surface area contributed by atoms with Crippen molar-refractivity contribution in [2.45, 2.75) is 43.9 Å². The van der Waals surface area contributed by atoms with Crippen LogP contribution in [-0.4, -0.2) is 32.6 Å². The number of carbonyl (C=O) groups is 1. The Morgan fingerprint density at radius 3 is 2.18 bits per heavy atom. The van der Waals surface area contributed by atoms with E-state index < -0.39 is 16.0 Å². The second-order valence-corrected chi connectivity index (χ2v) is 8.89. The van der Waals surface area contributed by atoms with Crippen molar-refractivity contribution in [2.75, 3.05) is 22.7 Å². The molecule has 7 heteroatoms. The summed E-state index contributed by atoms with van der Waals surface area (Å²) in [5.74, 6) is -1.06. The molecule has 0 radical (unpaired) electrons. The predicted octanol–water partition coefficient (Wildman–Crippen LogP) is 4.26. The van der Waals surface area contributed by atoms with Gasteiger partial charge in [0.05, 0.1) is 16.1 Å². The highest BCUT2D eigenvalue weighted by Gasteiger charge is 2.20. The summed E-state index contributed by atoms with van der Waals surface area (Å²) < 4.78 is 27.7. The summed E-state index contributed by atoms with van der Waals surface area (Å²) in [6.45, 7) is 3.51. The van der Waals surface area contributed by atoms with Crippen molar-refractivity contribution in [2.24, 2.45) is 0 Å². The van der Waals surface area contributed by atoms with Gasteiger partial charge in [-0.2, -0.15) is 0 Å².